The second kappa shape index (κ2) is 4.96. The Hall–Kier alpha value is -1.23. The fraction of sp³-hybridized carbons (Fsp3) is 0.308. The summed E-state index contributed by atoms with van der Waals surface area (Å²) in [6.07, 6.45) is 1.90. The van der Waals surface area contributed by atoms with Gasteiger partial charge in [0.2, 0.25) is 0 Å². The summed E-state index contributed by atoms with van der Waals surface area (Å²) in [6.45, 7) is 2.24. The van der Waals surface area contributed by atoms with E-state index in [2.05, 4.69) is 40.4 Å². The third-order valence-electron chi connectivity index (χ3n) is 2.73. The van der Waals surface area contributed by atoms with Crippen LogP contribution in [0.25, 0.3) is 0 Å². The molecule has 0 bridgehead atoms. The van der Waals surface area contributed by atoms with Crippen molar-refractivity contribution >= 4 is 11.3 Å². The fourth-order valence-electron chi connectivity index (χ4n) is 1.92. The highest BCUT2D eigenvalue weighted by Crippen LogP contribution is 2.23. The molecule has 4 heteroatoms. The number of hydrogen-bond donors (Lipinski definition) is 0. The molecule has 0 atom stereocenters. The van der Waals surface area contributed by atoms with E-state index in [0.717, 1.165) is 11.6 Å². The number of aromatic nitrogens is 1. The van der Waals surface area contributed by atoms with Gasteiger partial charge in [-0.2, -0.15) is 4.57 Å². The SMILES string of the molecule is c1ccc(C[n+]2ccsc2C2OCCO2)cc1. The lowest BCUT2D eigenvalue weighted by Crippen LogP contribution is -2.37. The number of benzene rings is 1. The van der Waals surface area contributed by atoms with Gasteiger partial charge in [-0.1, -0.05) is 41.7 Å². The van der Waals surface area contributed by atoms with Gasteiger partial charge in [-0.3, -0.25) is 0 Å². The summed E-state index contributed by atoms with van der Waals surface area (Å²) in [5.41, 5.74) is 1.29. The van der Waals surface area contributed by atoms with Gasteiger partial charge in [-0.15, -0.1) is 0 Å². The molecular formula is C13H14NO2S+. The average Bonchev–Trinajstić information content (AvgIpc) is 3.00. The van der Waals surface area contributed by atoms with E-state index in [1.54, 1.807) is 11.3 Å². The van der Waals surface area contributed by atoms with E-state index in [4.69, 9.17) is 9.47 Å². The monoisotopic (exact) mass is 248 g/mol. The fourth-order valence-corrected chi connectivity index (χ4v) is 2.77. The second-order valence-electron chi connectivity index (χ2n) is 3.93. The molecule has 0 unspecified atom stereocenters. The summed E-state index contributed by atoms with van der Waals surface area (Å²) < 4.78 is 13.3. The molecule has 0 saturated carbocycles. The molecule has 1 aliphatic rings. The van der Waals surface area contributed by atoms with Crippen LogP contribution in [0.5, 0.6) is 0 Å². The first-order chi connectivity index (χ1) is 8.43. The van der Waals surface area contributed by atoms with Crippen molar-refractivity contribution in [2.75, 3.05) is 13.2 Å². The predicted molar refractivity (Wildman–Crippen MR) is 64.7 cm³/mol. The summed E-state index contributed by atoms with van der Waals surface area (Å²) in [5, 5.41) is 3.20. The van der Waals surface area contributed by atoms with Crippen molar-refractivity contribution in [1.82, 2.24) is 0 Å². The number of rotatable bonds is 3. The van der Waals surface area contributed by atoms with Crippen molar-refractivity contribution in [2.24, 2.45) is 0 Å². The van der Waals surface area contributed by atoms with E-state index in [9.17, 15) is 0 Å². The molecule has 0 spiro atoms. The highest BCUT2D eigenvalue weighted by molar-refractivity contribution is 7.09. The van der Waals surface area contributed by atoms with Crippen molar-refractivity contribution in [3.05, 3.63) is 52.5 Å². The molecule has 0 N–H and O–H groups in total. The summed E-state index contributed by atoms with van der Waals surface area (Å²) in [6, 6.07) is 10.4. The quantitative estimate of drug-likeness (QED) is 0.776. The van der Waals surface area contributed by atoms with Gasteiger partial charge < -0.3 is 9.47 Å². The zero-order valence-corrected chi connectivity index (χ0v) is 10.2. The Morgan fingerprint density at radius 2 is 1.94 bits per heavy atom. The van der Waals surface area contributed by atoms with E-state index in [1.165, 1.54) is 5.56 Å². The van der Waals surface area contributed by atoms with Crippen LogP contribution in [0.4, 0.5) is 0 Å². The largest absolute Gasteiger partial charge is 0.341 e. The van der Waals surface area contributed by atoms with Crippen LogP contribution in [-0.4, -0.2) is 13.2 Å². The molecule has 2 aromatic rings. The third-order valence-corrected chi connectivity index (χ3v) is 3.66. The topological polar surface area (TPSA) is 22.3 Å². The molecule has 3 nitrogen and oxygen atoms in total. The van der Waals surface area contributed by atoms with Gasteiger partial charge in [-0.05, 0) is 0 Å². The number of thiazole rings is 1. The van der Waals surface area contributed by atoms with Crippen LogP contribution < -0.4 is 4.57 Å². The van der Waals surface area contributed by atoms with Crippen LogP contribution in [0.15, 0.2) is 41.9 Å². The number of nitrogens with zero attached hydrogens (tertiary/aromatic N) is 1. The van der Waals surface area contributed by atoms with Crippen molar-refractivity contribution in [3.63, 3.8) is 0 Å². The zero-order valence-electron chi connectivity index (χ0n) is 9.41. The molecule has 1 fully saturated rings. The highest BCUT2D eigenvalue weighted by Gasteiger charge is 2.29. The Labute approximate surface area is 104 Å². The van der Waals surface area contributed by atoms with Crippen molar-refractivity contribution in [2.45, 2.75) is 12.8 Å². The van der Waals surface area contributed by atoms with E-state index in [0.29, 0.717) is 13.2 Å². The summed E-state index contributed by atoms with van der Waals surface area (Å²) >= 11 is 1.68. The maximum Gasteiger partial charge on any atom is 0.294 e. The maximum absolute atomic E-state index is 5.54. The number of ether oxygens (including phenoxy) is 2. The first-order valence-electron chi connectivity index (χ1n) is 5.67. The van der Waals surface area contributed by atoms with Crippen LogP contribution in [-0.2, 0) is 16.0 Å². The summed E-state index contributed by atoms with van der Waals surface area (Å²) in [7, 11) is 0. The van der Waals surface area contributed by atoms with Gasteiger partial charge in [0.15, 0.2) is 12.7 Å². The van der Waals surface area contributed by atoms with E-state index in [1.807, 2.05) is 6.07 Å². The molecule has 3 rings (SSSR count). The van der Waals surface area contributed by atoms with Gasteiger partial charge >= 0.3 is 0 Å². The maximum atomic E-state index is 5.54. The smallest absolute Gasteiger partial charge is 0.294 e. The molecule has 1 aromatic heterocycles. The summed E-state index contributed by atoms with van der Waals surface area (Å²) in [5.74, 6) is 0. The lowest BCUT2D eigenvalue weighted by Gasteiger charge is -2.04. The lowest BCUT2D eigenvalue weighted by molar-refractivity contribution is -0.696. The Balaban J connectivity index is 1.81. The van der Waals surface area contributed by atoms with Gasteiger partial charge in [0.1, 0.15) is 0 Å². The summed E-state index contributed by atoms with van der Waals surface area (Å²) in [4.78, 5) is 0. The molecule has 1 aromatic carbocycles. The molecule has 0 amide bonds. The molecular weight excluding hydrogens is 234 g/mol. The van der Waals surface area contributed by atoms with Crippen molar-refractivity contribution in [1.29, 1.82) is 0 Å². The van der Waals surface area contributed by atoms with Gasteiger partial charge in [0.05, 0.1) is 18.6 Å². The van der Waals surface area contributed by atoms with Crippen LogP contribution in [0.2, 0.25) is 0 Å². The molecule has 2 heterocycles. The van der Waals surface area contributed by atoms with E-state index >= 15 is 0 Å². The zero-order chi connectivity index (χ0) is 11.5. The Bertz CT molecular complexity index is 477. The molecule has 17 heavy (non-hydrogen) atoms. The predicted octanol–water partition coefficient (Wildman–Crippen LogP) is 2.13. The normalized spacial score (nSPS) is 16.5. The lowest BCUT2D eigenvalue weighted by atomic mass is 10.2. The van der Waals surface area contributed by atoms with Crippen molar-refractivity contribution in [3.8, 4) is 0 Å². The van der Waals surface area contributed by atoms with Gasteiger partial charge in [0.25, 0.3) is 11.3 Å². The molecule has 1 aliphatic heterocycles. The molecule has 1 saturated heterocycles. The first-order valence-corrected chi connectivity index (χ1v) is 6.55. The van der Waals surface area contributed by atoms with E-state index < -0.39 is 0 Å². The Morgan fingerprint density at radius 3 is 2.71 bits per heavy atom. The van der Waals surface area contributed by atoms with Gasteiger partial charge in [0, 0.05) is 5.56 Å². The van der Waals surface area contributed by atoms with Crippen molar-refractivity contribution < 1.29 is 14.0 Å². The first kappa shape index (κ1) is 10.9. The minimum atomic E-state index is -0.182. The minimum absolute atomic E-state index is 0.182. The number of hydrogen-bond acceptors (Lipinski definition) is 3. The van der Waals surface area contributed by atoms with Crippen LogP contribution in [0.1, 0.15) is 16.9 Å². The van der Waals surface area contributed by atoms with E-state index in [-0.39, 0.29) is 6.29 Å². The molecule has 0 aliphatic carbocycles. The minimum Gasteiger partial charge on any atom is -0.341 e. The second-order valence-corrected chi connectivity index (χ2v) is 4.85. The molecule has 88 valence electrons. The Morgan fingerprint density at radius 1 is 1.18 bits per heavy atom. The third kappa shape index (κ3) is 2.39. The standard InChI is InChI=1S/C13H14NO2S/c1-2-4-11(5-3-1)10-14-6-9-17-12(14)13-15-7-8-16-13/h1-6,9,13H,7-8,10H2/q+1. The van der Waals surface area contributed by atoms with Crippen LogP contribution in [0, 0.1) is 0 Å². The molecule has 0 radical (unpaired) electrons. The van der Waals surface area contributed by atoms with Crippen LogP contribution in [0.3, 0.4) is 0 Å². The Kier molecular flexibility index (Phi) is 3.18. The highest BCUT2D eigenvalue weighted by atomic mass is 32.1. The average molecular weight is 248 g/mol. The van der Waals surface area contributed by atoms with Crippen LogP contribution >= 0.6 is 11.3 Å². The van der Waals surface area contributed by atoms with Gasteiger partial charge in [-0.25, -0.2) is 0 Å².